The zero-order valence-electron chi connectivity index (χ0n) is 10.5. The molecule has 0 amide bonds. The van der Waals surface area contributed by atoms with E-state index in [9.17, 15) is 0 Å². The zero-order valence-corrected chi connectivity index (χ0v) is 10.5. The number of hydrogen-bond donors (Lipinski definition) is 2. The fourth-order valence-corrected chi connectivity index (χ4v) is 2.94. The van der Waals surface area contributed by atoms with Crippen LogP contribution in [0.3, 0.4) is 0 Å². The lowest BCUT2D eigenvalue weighted by Gasteiger charge is -2.36. The van der Waals surface area contributed by atoms with E-state index >= 15 is 0 Å². The van der Waals surface area contributed by atoms with Crippen molar-refractivity contribution in [1.82, 2.24) is 25.9 Å². The molecule has 3 rings (SSSR count). The Morgan fingerprint density at radius 2 is 1.94 bits per heavy atom. The summed E-state index contributed by atoms with van der Waals surface area (Å²) in [6.07, 6.45) is 2.02. The Morgan fingerprint density at radius 3 is 2.61 bits per heavy atom. The molecule has 2 heterocycles. The van der Waals surface area contributed by atoms with Crippen molar-refractivity contribution in [2.45, 2.75) is 25.2 Å². The highest BCUT2D eigenvalue weighted by Gasteiger charge is 2.40. The Bertz CT molecular complexity index is 514. The number of tetrazole rings is 1. The Kier molecular flexibility index (Phi) is 2.83. The van der Waals surface area contributed by atoms with Gasteiger partial charge in [-0.05, 0) is 44.0 Å². The lowest BCUT2D eigenvalue weighted by atomic mass is 9.71. The average Bonchev–Trinajstić information content (AvgIpc) is 2.94. The van der Waals surface area contributed by atoms with E-state index in [2.05, 4.69) is 57.1 Å². The minimum atomic E-state index is -0.0937. The van der Waals surface area contributed by atoms with Gasteiger partial charge in [0.2, 0.25) is 0 Å². The highest BCUT2D eigenvalue weighted by molar-refractivity contribution is 5.39. The van der Waals surface area contributed by atoms with E-state index in [1.165, 1.54) is 11.1 Å². The molecule has 0 spiro atoms. The van der Waals surface area contributed by atoms with Crippen LogP contribution in [0.5, 0.6) is 0 Å². The standard InChI is InChI=1S/C13H17N5/c1-10-4-2-3-5-11(10)13(6-8-14-9-7-13)12-15-17-18-16-12/h2-5,14H,6-9H2,1H3,(H,15,16,17,18). The van der Waals surface area contributed by atoms with Gasteiger partial charge in [-0.15, -0.1) is 10.2 Å². The first-order valence-electron chi connectivity index (χ1n) is 6.34. The first-order chi connectivity index (χ1) is 8.83. The van der Waals surface area contributed by atoms with Crippen molar-refractivity contribution < 1.29 is 0 Å². The third-order valence-electron chi connectivity index (χ3n) is 3.89. The lowest BCUT2D eigenvalue weighted by Crippen LogP contribution is -2.42. The molecule has 0 unspecified atom stereocenters. The fraction of sp³-hybridized carbons (Fsp3) is 0.462. The smallest absolute Gasteiger partial charge is 0.185 e. The third-order valence-corrected chi connectivity index (χ3v) is 3.89. The van der Waals surface area contributed by atoms with Gasteiger partial charge in [-0.2, -0.15) is 5.21 Å². The van der Waals surface area contributed by atoms with E-state index in [1.807, 2.05) is 0 Å². The van der Waals surface area contributed by atoms with Gasteiger partial charge >= 0.3 is 0 Å². The van der Waals surface area contributed by atoms with Gasteiger partial charge in [0.1, 0.15) is 0 Å². The molecule has 18 heavy (non-hydrogen) atoms. The van der Waals surface area contributed by atoms with Gasteiger partial charge in [0.25, 0.3) is 0 Å². The number of piperidine rings is 1. The summed E-state index contributed by atoms with van der Waals surface area (Å²) in [5, 5.41) is 18.2. The number of aryl methyl sites for hydroxylation is 1. The largest absolute Gasteiger partial charge is 0.317 e. The van der Waals surface area contributed by atoms with Gasteiger partial charge in [0.05, 0.1) is 5.41 Å². The summed E-state index contributed by atoms with van der Waals surface area (Å²) in [5.41, 5.74) is 2.53. The van der Waals surface area contributed by atoms with Crippen LogP contribution in [0.25, 0.3) is 0 Å². The van der Waals surface area contributed by atoms with Crippen LogP contribution in [0.4, 0.5) is 0 Å². The number of hydrogen-bond acceptors (Lipinski definition) is 4. The maximum Gasteiger partial charge on any atom is 0.185 e. The van der Waals surface area contributed by atoms with E-state index in [0.29, 0.717) is 0 Å². The first-order valence-corrected chi connectivity index (χ1v) is 6.34. The summed E-state index contributed by atoms with van der Waals surface area (Å²) in [7, 11) is 0. The van der Waals surface area contributed by atoms with E-state index in [4.69, 9.17) is 0 Å². The third kappa shape index (κ3) is 1.71. The molecular formula is C13H17N5. The molecule has 2 N–H and O–H groups in total. The van der Waals surface area contributed by atoms with Gasteiger partial charge in [-0.1, -0.05) is 29.5 Å². The van der Waals surface area contributed by atoms with Gasteiger partial charge < -0.3 is 5.32 Å². The molecule has 0 aliphatic carbocycles. The molecular weight excluding hydrogens is 226 g/mol. The fourth-order valence-electron chi connectivity index (χ4n) is 2.94. The molecule has 1 aromatic carbocycles. The average molecular weight is 243 g/mol. The predicted octanol–water partition coefficient (Wildman–Crippen LogP) is 1.18. The Morgan fingerprint density at radius 1 is 1.17 bits per heavy atom. The highest BCUT2D eigenvalue weighted by Crippen LogP contribution is 2.39. The van der Waals surface area contributed by atoms with Crippen LogP contribution in [0.1, 0.15) is 29.8 Å². The van der Waals surface area contributed by atoms with Crippen molar-refractivity contribution in [2.24, 2.45) is 0 Å². The Labute approximate surface area is 106 Å². The minimum Gasteiger partial charge on any atom is -0.317 e. The maximum atomic E-state index is 4.25. The summed E-state index contributed by atoms with van der Waals surface area (Å²) in [6.45, 7) is 4.13. The Balaban J connectivity index is 2.14. The number of nitrogens with one attached hydrogen (secondary N) is 2. The van der Waals surface area contributed by atoms with Crippen LogP contribution in [-0.2, 0) is 5.41 Å². The molecule has 5 nitrogen and oxygen atoms in total. The van der Waals surface area contributed by atoms with Crippen molar-refractivity contribution in [3.8, 4) is 0 Å². The topological polar surface area (TPSA) is 66.5 Å². The summed E-state index contributed by atoms with van der Waals surface area (Å²) in [4.78, 5) is 0. The summed E-state index contributed by atoms with van der Waals surface area (Å²) < 4.78 is 0. The molecule has 0 radical (unpaired) electrons. The second-order valence-electron chi connectivity index (χ2n) is 4.88. The molecule has 0 bridgehead atoms. The van der Waals surface area contributed by atoms with Gasteiger partial charge in [0, 0.05) is 0 Å². The van der Waals surface area contributed by atoms with Crippen LogP contribution in [-0.4, -0.2) is 33.7 Å². The molecule has 1 aromatic heterocycles. The summed E-state index contributed by atoms with van der Waals surface area (Å²) in [6, 6.07) is 8.51. The quantitative estimate of drug-likeness (QED) is 0.831. The number of aromatic nitrogens is 4. The number of rotatable bonds is 2. The van der Waals surface area contributed by atoms with E-state index < -0.39 is 0 Å². The van der Waals surface area contributed by atoms with Crippen molar-refractivity contribution in [2.75, 3.05) is 13.1 Å². The second-order valence-corrected chi connectivity index (χ2v) is 4.88. The molecule has 94 valence electrons. The van der Waals surface area contributed by atoms with Crippen molar-refractivity contribution in [3.05, 3.63) is 41.2 Å². The minimum absolute atomic E-state index is 0.0937. The monoisotopic (exact) mass is 243 g/mol. The van der Waals surface area contributed by atoms with Gasteiger partial charge in [-0.3, -0.25) is 0 Å². The molecule has 0 saturated carbocycles. The predicted molar refractivity (Wildman–Crippen MR) is 68.2 cm³/mol. The Hall–Kier alpha value is -1.75. The SMILES string of the molecule is Cc1ccccc1C1(c2nn[nH]n2)CCNCC1. The molecule has 1 aliphatic rings. The van der Waals surface area contributed by atoms with E-state index in [0.717, 1.165) is 31.8 Å². The molecule has 0 atom stereocenters. The van der Waals surface area contributed by atoms with Crippen molar-refractivity contribution in [1.29, 1.82) is 0 Å². The maximum absolute atomic E-state index is 4.25. The van der Waals surface area contributed by atoms with Crippen LogP contribution in [0.2, 0.25) is 0 Å². The number of benzene rings is 1. The zero-order chi connectivity index (χ0) is 12.4. The first kappa shape index (κ1) is 11.3. The molecule has 2 aromatic rings. The van der Waals surface area contributed by atoms with Crippen molar-refractivity contribution in [3.63, 3.8) is 0 Å². The van der Waals surface area contributed by atoms with Gasteiger partial charge in [-0.25, -0.2) is 0 Å². The van der Waals surface area contributed by atoms with E-state index in [-0.39, 0.29) is 5.41 Å². The number of nitrogens with zero attached hydrogens (tertiary/aromatic N) is 3. The summed E-state index contributed by atoms with van der Waals surface area (Å²) >= 11 is 0. The van der Waals surface area contributed by atoms with E-state index in [1.54, 1.807) is 0 Å². The molecule has 1 fully saturated rings. The van der Waals surface area contributed by atoms with Crippen LogP contribution in [0, 0.1) is 6.92 Å². The molecule has 1 aliphatic heterocycles. The van der Waals surface area contributed by atoms with Gasteiger partial charge in [0.15, 0.2) is 5.82 Å². The number of aromatic amines is 1. The van der Waals surface area contributed by atoms with Crippen LogP contribution >= 0.6 is 0 Å². The van der Waals surface area contributed by atoms with Crippen LogP contribution in [0.15, 0.2) is 24.3 Å². The van der Waals surface area contributed by atoms with Crippen molar-refractivity contribution >= 4 is 0 Å². The van der Waals surface area contributed by atoms with Crippen LogP contribution < -0.4 is 5.32 Å². The molecule has 1 saturated heterocycles. The molecule has 5 heteroatoms. The number of H-pyrrole nitrogens is 1. The highest BCUT2D eigenvalue weighted by atomic mass is 15.5. The normalized spacial score (nSPS) is 18.7. The summed E-state index contributed by atoms with van der Waals surface area (Å²) in [5.74, 6) is 0.818. The second kappa shape index (κ2) is 4.49. The lowest BCUT2D eigenvalue weighted by molar-refractivity contribution is 0.344.